The average Bonchev–Trinajstić information content (AvgIpc) is 2.43. The van der Waals surface area contributed by atoms with Crippen LogP contribution in [0.2, 0.25) is 0 Å². The molecule has 1 aromatic heterocycles. The van der Waals surface area contributed by atoms with E-state index in [9.17, 15) is 4.39 Å². The molecule has 6 heteroatoms. The predicted octanol–water partition coefficient (Wildman–Crippen LogP) is 3.02. The van der Waals surface area contributed by atoms with Crippen LogP contribution in [0.5, 0.6) is 11.6 Å². The van der Waals surface area contributed by atoms with E-state index in [-0.39, 0.29) is 17.2 Å². The summed E-state index contributed by atoms with van der Waals surface area (Å²) in [5.74, 6) is 0.224. The van der Waals surface area contributed by atoms with Gasteiger partial charge in [-0.05, 0) is 26.0 Å². The predicted molar refractivity (Wildman–Crippen MR) is 72.1 cm³/mol. The van der Waals surface area contributed by atoms with E-state index in [0.29, 0.717) is 18.1 Å². The van der Waals surface area contributed by atoms with Crippen LogP contribution in [0.25, 0.3) is 0 Å². The lowest BCUT2D eigenvalue weighted by atomic mass is 10.2. The van der Waals surface area contributed by atoms with Crippen LogP contribution >= 0.6 is 0 Å². The van der Waals surface area contributed by atoms with Crippen LogP contribution in [-0.2, 0) is 0 Å². The molecule has 0 aliphatic heterocycles. The largest absolute Gasteiger partial charge is 0.437 e. The minimum Gasteiger partial charge on any atom is -0.437 e. The summed E-state index contributed by atoms with van der Waals surface area (Å²) in [6, 6.07) is 6.00. The van der Waals surface area contributed by atoms with Crippen LogP contribution in [0.1, 0.15) is 18.1 Å². The molecule has 1 N–H and O–H groups in total. The number of benzene rings is 1. The lowest BCUT2D eigenvalue weighted by molar-refractivity contribution is 0.451. The molecular weight excluding hydrogens is 259 g/mol. The number of hydrogen-bond acceptors (Lipinski definition) is 5. The van der Waals surface area contributed by atoms with Crippen LogP contribution in [0.3, 0.4) is 0 Å². The van der Waals surface area contributed by atoms with Gasteiger partial charge in [-0.15, -0.1) is 0 Å². The Balaban J connectivity index is 2.37. The van der Waals surface area contributed by atoms with Gasteiger partial charge in [0, 0.05) is 18.3 Å². The first-order chi connectivity index (χ1) is 9.65. The van der Waals surface area contributed by atoms with E-state index < -0.39 is 5.82 Å². The first kappa shape index (κ1) is 13.7. The Morgan fingerprint density at radius 2 is 2.25 bits per heavy atom. The molecule has 0 aliphatic rings. The molecule has 0 spiro atoms. The minimum atomic E-state index is -0.622. The molecule has 1 aromatic carbocycles. The van der Waals surface area contributed by atoms with Gasteiger partial charge in [-0.2, -0.15) is 10.2 Å². The third kappa shape index (κ3) is 2.83. The van der Waals surface area contributed by atoms with E-state index in [1.807, 2.05) is 6.92 Å². The summed E-state index contributed by atoms with van der Waals surface area (Å²) in [5, 5.41) is 11.9. The van der Waals surface area contributed by atoms with Crippen molar-refractivity contribution in [2.75, 3.05) is 11.9 Å². The molecule has 0 fully saturated rings. The van der Waals surface area contributed by atoms with Gasteiger partial charge >= 0.3 is 0 Å². The Labute approximate surface area is 116 Å². The van der Waals surface area contributed by atoms with Crippen LogP contribution in [0.15, 0.2) is 24.4 Å². The maximum atomic E-state index is 13.5. The standard InChI is InChI=1S/C14H13FN4O/c1-3-17-14-18-8-9(2)13(19-14)20-12-6-4-5-11(15)10(12)7-16/h4-6,8H,3H2,1-2H3,(H,17,18,19). The number of nitrogens with one attached hydrogen (secondary N) is 1. The lowest BCUT2D eigenvalue weighted by Crippen LogP contribution is -2.04. The van der Waals surface area contributed by atoms with Crippen molar-refractivity contribution in [3.63, 3.8) is 0 Å². The average molecular weight is 272 g/mol. The van der Waals surface area contributed by atoms with Gasteiger partial charge < -0.3 is 10.1 Å². The number of aromatic nitrogens is 2. The SMILES string of the molecule is CCNc1ncc(C)c(Oc2cccc(F)c2C#N)n1. The third-order valence-electron chi connectivity index (χ3n) is 2.55. The Morgan fingerprint density at radius 3 is 2.95 bits per heavy atom. The molecule has 5 nitrogen and oxygen atoms in total. The van der Waals surface area contributed by atoms with Crippen molar-refractivity contribution < 1.29 is 9.13 Å². The molecule has 0 amide bonds. The molecule has 2 rings (SSSR count). The Bertz CT molecular complexity index is 667. The van der Waals surface area contributed by atoms with E-state index in [0.717, 1.165) is 0 Å². The fourth-order valence-electron chi connectivity index (χ4n) is 1.58. The van der Waals surface area contributed by atoms with Gasteiger partial charge in [-0.3, -0.25) is 0 Å². The number of anilines is 1. The highest BCUT2D eigenvalue weighted by molar-refractivity contribution is 5.46. The smallest absolute Gasteiger partial charge is 0.227 e. The first-order valence-corrected chi connectivity index (χ1v) is 6.09. The summed E-state index contributed by atoms with van der Waals surface area (Å²) >= 11 is 0. The van der Waals surface area contributed by atoms with Crippen LogP contribution < -0.4 is 10.1 Å². The summed E-state index contributed by atoms with van der Waals surface area (Å²) in [7, 11) is 0. The molecular formula is C14H13FN4O. The van der Waals surface area contributed by atoms with E-state index in [1.54, 1.807) is 19.2 Å². The molecule has 1 heterocycles. The fourth-order valence-corrected chi connectivity index (χ4v) is 1.58. The summed E-state index contributed by atoms with van der Waals surface area (Å²) in [4.78, 5) is 8.28. The highest BCUT2D eigenvalue weighted by Crippen LogP contribution is 2.27. The zero-order chi connectivity index (χ0) is 14.5. The minimum absolute atomic E-state index is 0.136. The number of nitrogens with zero attached hydrogens (tertiary/aromatic N) is 3. The van der Waals surface area contributed by atoms with Gasteiger partial charge in [0.05, 0.1) is 0 Å². The molecule has 20 heavy (non-hydrogen) atoms. The second kappa shape index (κ2) is 5.97. The maximum absolute atomic E-state index is 13.5. The van der Waals surface area contributed by atoms with Crippen molar-refractivity contribution in [3.05, 3.63) is 41.3 Å². The van der Waals surface area contributed by atoms with Crippen LogP contribution in [-0.4, -0.2) is 16.5 Å². The second-order valence-corrected chi connectivity index (χ2v) is 4.04. The third-order valence-corrected chi connectivity index (χ3v) is 2.55. The van der Waals surface area contributed by atoms with E-state index >= 15 is 0 Å². The zero-order valence-corrected chi connectivity index (χ0v) is 11.1. The molecule has 0 radical (unpaired) electrons. The van der Waals surface area contributed by atoms with Crippen LogP contribution in [0.4, 0.5) is 10.3 Å². The number of nitriles is 1. The molecule has 102 valence electrons. The van der Waals surface area contributed by atoms with Crippen molar-refractivity contribution in [1.82, 2.24) is 9.97 Å². The molecule has 0 bridgehead atoms. The first-order valence-electron chi connectivity index (χ1n) is 6.09. The highest BCUT2D eigenvalue weighted by atomic mass is 19.1. The van der Waals surface area contributed by atoms with E-state index in [1.165, 1.54) is 18.2 Å². The van der Waals surface area contributed by atoms with Gasteiger partial charge in [0.15, 0.2) is 0 Å². The monoisotopic (exact) mass is 272 g/mol. The van der Waals surface area contributed by atoms with E-state index in [2.05, 4.69) is 15.3 Å². The van der Waals surface area contributed by atoms with Gasteiger partial charge in [0.2, 0.25) is 11.8 Å². The van der Waals surface area contributed by atoms with Crippen molar-refractivity contribution in [2.45, 2.75) is 13.8 Å². The fraction of sp³-hybridized carbons (Fsp3) is 0.214. The zero-order valence-electron chi connectivity index (χ0n) is 11.1. The van der Waals surface area contributed by atoms with Crippen molar-refractivity contribution in [3.8, 4) is 17.7 Å². The number of ether oxygens (including phenoxy) is 1. The van der Waals surface area contributed by atoms with Gasteiger partial charge in [-0.25, -0.2) is 9.37 Å². The second-order valence-electron chi connectivity index (χ2n) is 4.04. The molecule has 0 saturated heterocycles. The summed E-state index contributed by atoms with van der Waals surface area (Å²) < 4.78 is 19.1. The highest BCUT2D eigenvalue weighted by Gasteiger charge is 2.12. The molecule has 0 aliphatic carbocycles. The molecule has 2 aromatic rings. The van der Waals surface area contributed by atoms with E-state index in [4.69, 9.17) is 10.00 Å². The van der Waals surface area contributed by atoms with Gasteiger partial charge in [-0.1, -0.05) is 6.07 Å². The van der Waals surface area contributed by atoms with Crippen molar-refractivity contribution in [2.24, 2.45) is 0 Å². The molecule has 0 unspecified atom stereocenters. The van der Waals surface area contributed by atoms with Gasteiger partial charge in [0.1, 0.15) is 23.2 Å². The Kier molecular flexibility index (Phi) is 4.11. The Hall–Kier alpha value is -2.68. The lowest BCUT2D eigenvalue weighted by Gasteiger charge is -2.10. The normalized spacial score (nSPS) is 9.90. The van der Waals surface area contributed by atoms with Crippen molar-refractivity contribution in [1.29, 1.82) is 5.26 Å². The summed E-state index contributed by atoms with van der Waals surface area (Å²) in [5.41, 5.74) is 0.551. The van der Waals surface area contributed by atoms with Crippen LogP contribution in [0, 0.1) is 24.1 Å². The molecule has 0 atom stereocenters. The van der Waals surface area contributed by atoms with Crippen molar-refractivity contribution >= 4 is 5.95 Å². The molecule has 0 saturated carbocycles. The topological polar surface area (TPSA) is 70.8 Å². The summed E-state index contributed by atoms with van der Waals surface area (Å²) in [6.45, 7) is 4.37. The quantitative estimate of drug-likeness (QED) is 0.926. The number of aryl methyl sites for hydroxylation is 1. The Morgan fingerprint density at radius 1 is 1.45 bits per heavy atom. The number of rotatable bonds is 4. The van der Waals surface area contributed by atoms with Gasteiger partial charge in [0.25, 0.3) is 0 Å². The summed E-state index contributed by atoms with van der Waals surface area (Å²) in [6.07, 6.45) is 1.60. The number of hydrogen-bond donors (Lipinski definition) is 1. The number of halogens is 1. The maximum Gasteiger partial charge on any atom is 0.227 e.